The quantitative estimate of drug-likeness (QED) is 0.631. The highest BCUT2D eigenvalue weighted by Gasteiger charge is 2.10. The van der Waals surface area contributed by atoms with Crippen molar-refractivity contribution in [1.82, 2.24) is 4.98 Å². The molecule has 0 saturated carbocycles. The van der Waals surface area contributed by atoms with Crippen molar-refractivity contribution in [2.24, 2.45) is 0 Å². The Bertz CT molecular complexity index is 558. The number of methoxy groups -OCH3 is 2. The minimum atomic E-state index is 0.321. The van der Waals surface area contributed by atoms with E-state index in [1.807, 2.05) is 12.1 Å². The van der Waals surface area contributed by atoms with Gasteiger partial charge < -0.3 is 9.47 Å². The molecule has 0 unspecified atom stereocenters. The van der Waals surface area contributed by atoms with E-state index in [4.69, 9.17) is 32.7 Å². The number of pyridine rings is 1. The number of hydrogen-bond donors (Lipinski definition) is 0. The summed E-state index contributed by atoms with van der Waals surface area (Å²) in [7, 11) is 3.19. The molecule has 0 N–H and O–H groups in total. The van der Waals surface area contributed by atoms with Crippen molar-refractivity contribution in [2.45, 2.75) is 5.88 Å². The second kappa shape index (κ2) is 4.98. The van der Waals surface area contributed by atoms with Crippen molar-refractivity contribution in [3.63, 3.8) is 0 Å². The van der Waals surface area contributed by atoms with Gasteiger partial charge in [0.25, 0.3) is 0 Å². The number of aromatic nitrogens is 1. The van der Waals surface area contributed by atoms with Crippen molar-refractivity contribution in [3.05, 3.63) is 28.9 Å². The van der Waals surface area contributed by atoms with E-state index in [9.17, 15) is 0 Å². The fourth-order valence-electron chi connectivity index (χ4n) is 1.62. The first-order chi connectivity index (χ1) is 8.19. The first-order valence-corrected chi connectivity index (χ1v) is 5.88. The smallest absolute Gasteiger partial charge is 0.148 e. The Morgan fingerprint density at radius 3 is 2.53 bits per heavy atom. The van der Waals surface area contributed by atoms with Crippen LogP contribution in [0.5, 0.6) is 11.5 Å². The van der Waals surface area contributed by atoms with E-state index in [-0.39, 0.29) is 0 Å². The van der Waals surface area contributed by atoms with Gasteiger partial charge in [-0.1, -0.05) is 11.6 Å². The SMILES string of the molecule is COc1cc(OC)c2nc(Cl)c(CCl)cc2c1. The highest BCUT2D eigenvalue weighted by atomic mass is 35.5. The van der Waals surface area contributed by atoms with E-state index in [0.717, 1.165) is 10.9 Å². The van der Waals surface area contributed by atoms with Gasteiger partial charge in [0.05, 0.1) is 20.1 Å². The number of ether oxygens (including phenoxy) is 2. The van der Waals surface area contributed by atoms with Crippen molar-refractivity contribution in [2.75, 3.05) is 14.2 Å². The van der Waals surface area contributed by atoms with Crippen molar-refractivity contribution >= 4 is 34.1 Å². The van der Waals surface area contributed by atoms with Crippen molar-refractivity contribution in [1.29, 1.82) is 0 Å². The second-order valence-electron chi connectivity index (χ2n) is 3.47. The van der Waals surface area contributed by atoms with E-state index < -0.39 is 0 Å². The summed E-state index contributed by atoms with van der Waals surface area (Å²) in [5, 5.41) is 1.29. The molecule has 3 nitrogen and oxygen atoms in total. The lowest BCUT2D eigenvalue weighted by Gasteiger charge is -2.09. The molecular weight excluding hydrogens is 261 g/mol. The van der Waals surface area contributed by atoms with Crippen molar-refractivity contribution < 1.29 is 9.47 Å². The third-order valence-corrected chi connectivity index (χ3v) is 3.10. The van der Waals surface area contributed by atoms with E-state index in [1.54, 1.807) is 20.3 Å². The number of fused-ring (bicyclic) bond motifs is 1. The zero-order chi connectivity index (χ0) is 12.4. The van der Waals surface area contributed by atoms with Gasteiger partial charge in [-0.3, -0.25) is 0 Å². The van der Waals surface area contributed by atoms with Crippen LogP contribution in [0.1, 0.15) is 5.56 Å². The summed E-state index contributed by atoms with van der Waals surface area (Å²) in [6.45, 7) is 0. The molecular formula is C12H11Cl2NO2. The zero-order valence-corrected chi connectivity index (χ0v) is 11.0. The zero-order valence-electron chi connectivity index (χ0n) is 9.46. The van der Waals surface area contributed by atoms with E-state index in [1.165, 1.54) is 0 Å². The molecule has 1 aromatic carbocycles. The van der Waals surface area contributed by atoms with Gasteiger partial charge in [0, 0.05) is 17.0 Å². The fraction of sp³-hybridized carbons (Fsp3) is 0.250. The molecule has 0 aliphatic rings. The molecule has 2 aromatic rings. The van der Waals surface area contributed by atoms with Crippen LogP contribution >= 0.6 is 23.2 Å². The van der Waals surface area contributed by atoms with E-state index >= 15 is 0 Å². The van der Waals surface area contributed by atoms with Gasteiger partial charge in [-0.05, 0) is 12.1 Å². The molecule has 0 aliphatic heterocycles. The first-order valence-electron chi connectivity index (χ1n) is 4.96. The summed E-state index contributed by atoms with van der Waals surface area (Å²) >= 11 is 11.8. The molecule has 0 fully saturated rings. The molecule has 2 rings (SSSR count). The van der Waals surface area contributed by atoms with Crippen LogP contribution < -0.4 is 9.47 Å². The van der Waals surface area contributed by atoms with Gasteiger partial charge in [-0.2, -0.15) is 0 Å². The molecule has 90 valence electrons. The second-order valence-corrected chi connectivity index (χ2v) is 4.10. The number of rotatable bonds is 3. The first kappa shape index (κ1) is 12.3. The van der Waals surface area contributed by atoms with Crippen LogP contribution in [0.3, 0.4) is 0 Å². The molecule has 0 amide bonds. The predicted molar refractivity (Wildman–Crippen MR) is 69.4 cm³/mol. The molecule has 5 heteroatoms. The Labute approximate surface area is 109 Å². The van der Waals surface area contributed by atoms with Gasteiger partial charge >= 0.3 is 0 Å². The minimum Gasteiger partial charge on any atom is -0.497 e. The third kappa shape index (κ3) is 2.26. The van der Waals surface area contributed by atoms with Crippen LogP contribution in [-0.4, -0.2) is 19.2 Å². The van der Waals surface area contributed by atoms with Gasteiger partial charge in [-0.15, -0.1) is 11.6 Å². The van der Waals surface area contributed by atoms with Crippen LogP contribution in [0.15, 0.2) is 18.2 Å². The molecule has 0 bridgehead atoms. The highest BCUT2D eigenvalue weighted by molar-refractivity contribution is 6.31. The Balaban J connectivity index is 2.75. The van der Waals surface area contributed by atoms with Gasteiger partial charge in [0.2, 0.25) is 0 Å². The predicted octanol–water partition coefficient (Wildman–Crippen LogP) is 3.64. The maximum Gasteiger partial charge on any atom is 0.148 e. The molecule has 0 atom stereocenters. The van der Waals surface area contributed by atoms with Gasteiger partial charge in [0.1, 0.15) is 22.2 Å². The lowest BCUT2D eigenvalue weighted by molar-refractivity contribution is 0.397. The summed E-state index contributed by atoms with van der Waals surface area (Å²) in [6.07, 6.45) is 0. The number of nitrogens with zero attached hydrogens (tertiary/aromatic N) is 1. The third-order valence-electron chi connectivity index (χ3n) is 2.48. The van der Waals surface area contributed by atoms with Crippen LogP contribution in [0.4, 0.5) is 0 Å². The monoisotopic (exact) mass is 271 g/mol. The molecule has 0 radical (unpaired) electrons. The van der Waals surface area contributed by atoms with E-state index in [2.05, 4.69) is 4.98 Å². The summed E-state index contributed by atoms with van der Waals surface area (Å²) in [6, 6.07) is 5.53. The number of alkyl halides is 1. The summed E-state index contributed by atoms with van der Waals surface area (Å²) in [4.78, 5) is 4.29. The maximum atomic E-state index is 6.02. The van der Waals surface area contributed by atoms with Crippen molar-refractivity contribution in [3.8, 4) is 11.5 Å². The average Bonchev–Trinajstić information content (AvgIpc) is 2.36. The van der Waals surface area contributed by atoms with Crippen LogP contribution in [-0.2, 0) is 5.88 Å². The lowest BCUT2D eigenvalue weighted by atomic mass is 10.1. The van der Waals surface area contributed by atoms with Gasteiger partial charge in [0.15, 0.2) is 0 Å². The van der Waals surface area contributed by atoms with Crippen LogP contribution in [0, 0.1) is 0 Å². The Morgan fingerprint density at radius 2 is 1.94 bits per heavy atom. The molecule has 0 saturated heterocycles. The Morgan fingerprint density at radius 1 is 1.18 bits per heavy atom. The topological polar surface area (TPSA) is 31.4 Å². The highest BCUT2D eigenvalue weighted by Crippen LogP contribution is 2.32. The largest absolute Gasteiger partial charge is 0.497 e. The van der Waals surface area contributed by atoms with Gasteiger partial charge in [-0.25, -0.2) is 4.98 Å². The molecule has 17 heavy (non-hydrogen) atoms. The molecule has 0 aliphatic carbocycles. The molecule has 1 heterocycles. The Hall–Kier alpha value is -1.19. The number of halogens is 2. The van der Waals surface area contributed by atoms with E-state index in [0.29, 0.717) is 28.0 Å². The summed E-state index contributed by atoms with van der Waals surface area (Å²) < 4.78 is 10.5. The normalized spacial score (nSPS) is 10.6. The number of benzene rings is 1. The lowest BCUT2D eigenvalue weighted by Crippen LogP contribution is -1.93. The van der Waals surface area contributed by atoms with Crippen LogP contribution in [0.25, 0.3) is 10.9 Å². The summed E-state index contributed by atoms with van der Waals surface area (Å²) in [5.41, 5.74) is 1.49. The molecule has 0 spiro atoms. The fourth-order valence-corrected chi connectivity index (χ4v) is 2.10. The molecule has 1 aromatic heterocycles. The summed E-state index contributed by atoms with van der Waals surface area (Å²) in [5.74, 6) is 1.66. The average molecular weight is 272 g/mol. The Kier molecular flexibility index (Phi) is 3.60. The van der Waals surface area contributed by atoms with Crippen LogP contribution in [0.2, 0.25) is 5.15 Å². The maximum absolute atomic E-state index is 6.02. The standard InChI is InChI=1S/C12H11Cl2NO2/c1-16-9-4-7-3-8(6-13)12(14)15-11(7)10(5-9)17-2/h3-5H,6H2,1-2H3. The number of hydrogen-bond acceptors (Lipinski definition) is 3. The minimum absolute atomic E-state index is 0.321.